The van der Waals surface area contributed by atoms with Crippen LogP contribution in [0.5, 0.6) is 0 Å². The smallest absolute Gasteiger partial charge is 0.323 e. The Morgan fingerprint density at radius 2 is 2.20 bits per heavy atom. The van der Waals surface area contributed by atoms with Gasteiger partial charge >= 0.3 is 5.97 Å². The Kier molecular flexibility index (Phi) is 10.2. The van der Waals surface area contributed by atoms with Gasteiger partial charge in [-0.2, -0.15) is 11.8 Å². The van der Waals surface area contributed by atoms with E-state index in [1.54, 1.807) is 0 Å². The van der Waals surface area contributed by atoms with Crippen molar-refractivity contribution in [3.05, 3.63) is 0 Å². The molecule has 15 heavy (non-hydrogen) atoms. The van der Waals surface area contributed by atoms with Gasteiger partial charge < -0.3 is 10.1 Å². The van der Waals surface area contributed by atoms with Crippen LogP contribution in [-0.4, -0.2) is 37.2 Å². The van der Waals surface area contributed by atoms with E-state index in [1.807, 2.05) is 18.7 Å². The molecular weight excluding hydrogens is 210 g/mol. The summed E-state index contributed by atoms with van der Waals surface area (Å²) < 4.78 is 5.02. The summed E-state index contributed by atoms with van der Waals surface area (Å²) in [6.45, 7) is 5.28. The minimum absolute atomic E-state index is 0.105. The van der Waals surface area contributed by atoms with E-state index in [9.17, 15) is 4.79 Å². The molecule has 0 fully saturated rings. The van der Waals surface area contributed by atoms with E-state index >= 15 is 0 Å². The number of carbonyl (C=O) groups excluding carboxylic acids is 1. The van der Waals surface area contributed by atoms with Crippen LogP contribution in [0.1, 0.15) is 33.1 Å². The molecule has 1 N–H and O–H groups in total. The highest BCUT2D eigenvalue weighted by Crippen LogP contribution is 2.05. The number of thioether (sulfide) groups is 1. The Balaban J connectivity index is 3.87. The van der Waals surface area contributed by atoms with Crippen LogP contribution in [0, 0.1) is 0 Å². The third-order valence-electron chi connectivity index (χ3n) is 2.05. The van der Waals surface area contributed by atoms with Crippen molar-refractivity contribution >= 4 is 17.7 Å². The first kappa shape index (κ1) is 14.8. The van der Waals surface area contributed by atoms with Gasteiger partial charge in [0, 0.05) is 0 Å². The molecule has 4 heteroatoms. The fourth-order valence-corrected chi connectivity index (χ4v) is 1.75. The zero-order chi connectivity index (χ0) is 11.5. The summed E-state index contributed by atoms with van der Waals surface area (Å²) in [6.07, 6.45) is 5.05. The zero-order valence-corrected chi connectivity index (χ0v) is 10.9. The standard InChI is InChI=1S/C11H23NO2S/c1-4-8-12-10(7-6-9-15-3)11(13)14-5-2/h10,12H,4-9H2,1-3H3. The lowest BCUT2D eigenvalue weighted by atomic mass is 10.1. The Morgan fingerprint density at radius 1 is 1.47 bits per heavy atom. The van der Waals surface area contributed by atoms with E-state index < -0.39 is 0 Å². The molecule has 1 unspecified atom stereocenters. The molecular formula is C11H23NO2S. The van der Waals surface area contributed by atoms with Crippen molar-refractivity contribution in [3.8, 4) is 0 Å². The molecule has 0 saturated heterocycles. The highest BCUT2D eigenvalue weighted by Gasteiger charge is 2.17. The Bertz CT molecular complexity index is 165. The first-order valence-corrected chi connectivity index (χ1v) is 7.04. The molecule has 0 aliphatic rings. The minimum Gasteiger partial charge on any atom is -0.465 e. The van der Waals surface area contributed by atoms with E-state index in [1.165, 1.54) is 0 Å². The van der Waals surface area contributed by atoms with Crippen LogP contribution in [0.3, 0.4) is 0 Å². The van der Waals surface area contributed by atoms with Crippen LogP contribution in [-0.2, 0) is 9.53 Å². The van der Waals surface area contributed by atoms with E-state index in [-0.39, 0.29) is 12.0 Å². The summed E-state index contributed by atoms with van der Waals surface area (Å²) in [4.78, 5) is 11.6. The number of nitrogens with one attached hydrogen (secondary N) is 1. The van der Waals surface area contributed by atoms with Crippen molar-refractivity contribution in [1.29, 1.82) is 0 Å². The predicted molar refractivity (Wildman–Crippen MR) is 66.3 cm³/mol. The molecule has 0 amide bonds. The van der Waals surface area contributed by atoms with Crippen LogP contribution in [0.2, 0.25) is 0 Å². The molecule has 0 heterocycles. The lowest BCUT2D eigenvalue weighted by Crippen LogP contribution is -2.38. The molecule has 1 atom stereocenters. The number of carbonyl (C=O) groups is 1. The molecule has 0 aliphatic carbocycles. The van der Waals surface area contributed by atoms with Gasteiger partial charge in [0.15, 0.2) is 0 Å². The average molecular weight is 233 g/mol. The first-order chi connectivity index (χ1) is 7.26. The van der Waals surface area contributed by atoms with Crippen molar-refractivity contribution in [1.82, 2.24) is 5.32 Å². The third kappa shape index (κ3) is 7.68. The van der Waals surface area contributed by atoms with E-state index in [4.69, 9.17) is 4.74 Å². The second kappa shape index (κ2) is 10.3. The van der Waals surface area contributed by atoms with Gasteiger partial charge in [0.2, 0.25) is 0 Å². The maximum atomic E-state index is 11.6. The molecule has 0 spiro atoms. The molecule has 0 aromatic rings. The number of hydrogen-bond donors (Lipinski definition) is 1. The number of rotatable bonds is 9. The summed E-state index contributed by atoms with van der Waals surface area (Å²) in [5, 5.41) is 3.23. The molecule has 90 valence electrons. The van der Waals surface area contributed by atoms with Crippen molar-refractivity contribution in [2.24, 2.45) is 0 Å². The highest BCUT2D eigenvalue weighted by molar-refractivity contribution is 7.98. The molecule has 0 radical (unpaired) electrons. The Labute approximate surface area is 97.3 Å². The van der Waals surface area contributed by atoms with E-state index in [0.29, 0.717) is 6.61 Å². The van der Waals surface area contributed by atoms with Crippen molar-refractivity contribution in [2.45, 2.75) is 39.2 Å². The van der Waals surface area contributed by atoms with Crippen molar-refractivity contribution in [2.75, 3.05) is 25.2 Å². The summed E-state index contributed by atoms with van der Waals surface area (Å²) >= 11 is 1.81. The molecule has 0 bridgehead atoms. The molecule has 0 aromatic heterocycles. The lowest BCUT2D eigenvalue weighted by Gasteiger charge is -2.16. The second-order valence-electron chi connectivity index (χ2n) is 3.39. The number of ether oxygens (including phenoxy) is 1. The topological polar surface area (TPSA) is 38.3 Å². The minimum atomic E-state index is -0.114. The summed E-state index contributed by atoms with van der Waals surface area (Å²) in [5.41, 5.74) is 0. The van der Waals surface area contributed by atoms with Gasteiger partial charge in [-0.25, -0.2) is 0 Å². The van der Waals surface area contributed by atoms with Crippen molar-refractivity contribution in [3.63, 3.8) is 0 Å². The third-order valence-corrected chi connectivity index (χ3v) is 2.75. The first-order valence-electron chi connectivity index (χ1n) is 5.65. The molecule has 0 saturated carbocycles. The number of hydrogen-bond acceptors (Lipinski definition) is 4. The van der Waals surface area contributed by atoms with E-state index in [0.717, 1.165) is 31.6 Å². The molecule has 0 rings (SSSR count). The molecule has 0 aromatic carbocycles. The fourth-order valence-electron chi connectivity index (χ4n) is 1.30. The van der Waals surface area contributed by atoms with Gasteiger partial charge in [0.05, 0.1) is 6.61 Å². The summed E-state index contributed by atoms with van der Waals surface area (Å²) in [5.74, 6) is 0.996. The number of esters is 1. The SMILES string of the molecule is CCCNC(CCCSC)C(=O)OCC. The molecule has 0 aliphatic heterocycles. The maximum absolute atomic E-state index is 11.6. The van der Waals surface area contributed by atoms with Gasteiger partial charge in [-0.05, 0) is 44.7 Å². The quantitative estimate of drug-likeness (QED) is 0.489. The Morgan fingerprint density at radius 3 is 2.73 bits per heavy atom. The van der Waals surface area contributed by atoms with Gasteiger partial charge in [-0.1, -0.05) is 6.92 Å². The van der Waals surface area contributed by atoms with Gasteiger partial charge in [-0.3, -0.25) is 4.79 Å². The maximum Gasteiger partial charge on any atom is 0.323 e. The predicted octanol–water partition coefficient (Wildman–Crippen LogP) is 2.06. The van der Waals surface area contributed by atoms with Crippen molar-refractivity contribution < 1.29 is 9.53 Å². The largest absolute Gasteiger partial charge is 0.465 e. The fraction of sp³-hybridized carbons (Fsp3) is 0.909. The van der Waals surface area contributed by atoms with Gasteiger partial charge in [0.25, 0.3) is 0 Å². The average Bonchev–Trinajstić information content (AvgIpc) is 2.23. The summed E-state index contributed by atoms with van der Waals surface area (Å²) in [7, 11) is 0. The van der Waals surface area contributed by atoms with Crippen LogP contribution < -0.4 is 5.32 Å². The van der Waals surface area contributed by atoms with E-state index in [2.05, 4.69) is 18.5 Å². The van der Waals surface area contributed by atoms with Crippen LogP contribution in [0.25, 0.3) is 0 Å². The zero-order valence-electron chi connectivity index (χ0n) is 10.0. The van der Waals surface area contributed by atoms with Crippen LogP contribution in [0.4, 0.5) is 0 Å². The monoisotopic (exact) mass is 233 g/mol. The lowest BCUT2D eigenvalue weighted by molar-refractivity contribution is -0.145. The normalized spacial score (nSPS) is 12.5. The second-order valence-corrected chi connectivity index (χ2v) is 4.38. The Hall–Kier alpha value is -0.220. The summed E-state index contributed by atoms with van der Waals surface area (Å²) in [6, 6.07) is -0.114. The van der Waals surface area contributed by atoms with Crippen LogP contribution in [0.15, 0.2) is 0 Å². The highest BCUT2D eigenvalue weighted by atomic mass is 32.2. The molecule has 3 nitrogen and oxygen atoms in total. The van der Waals surface area contributed by atoms with Gasteiger partial charge in [0.1, 0.15) is 6.04 Å². The van der Waals surface area contributed by atoms with Crippen LogP contribution >= 0.6 is 11.8 Å². The van der Waals surface area contributed by atoms with Gasteiger partial charge in [-0.15, -0.1) is 0 Å².